The lowest BCUT2D eigenvalue weighted by Crippen LogP contribution is -2.29. The first kappa shape index (κ1) is 19.9. The van der Waals surface area contributed by atoms with E-state index in [4.69, 9.17) is 4.74 Å². The molecule has 0 heterocycles. The molecule has 0 aliphatic rings. The Morgan fingerprint density at radius 3 is 2.12 bits per heavy atom. The molecule has 4 heteroatoms. The average Bonchev–Trinajstić information content (AvgIpc) is 2.67. The van der Waals surface area contributed by atoms with E-state index in [0.717, 1.165) is 5.56 Å². The van der Waals surface area contributed by atoms with Gasteiger partial charge in [0.2, 0.25) is 0 Å². The number of aliphatic hydroxyl groups is 1. The Morgan fingerprint density at radius 1 is 1.00 bits per heavy atom. The number of hydrogen-bond donors (Lipinski definition) is 1. The molecule has 2 unspecified atom stereocenters. The molecule has 0 saturated heterocycles. The SMILES string of the molecule is CCC(OC(=O)CC(=O)CC(O)(CC)c1ccccc1)c1ccccc1. The summed E-state index contributed by atoms with van der Waals surface area (Å²) in [5.41, 5.74) is 0.326. The van der Waals surface area contributed by atoms with Gasteiger partial charge in [-0.25, -0.2) is 0 Å². The highest BCUT2D eigenvalue weighted by atomic mass is 16.5. The third-order valence-electron chi connectivity index (χ3n) is 4.54. The van der Waals surface area contributed by atoms with Crippen LogP contribution in [0.4, 0.5) is 0 Å². The molecule has 2 rings (SSSR count). The molecule has 0 radical (unpaired) electrons. The highest BCUT2D eigenvalue weighted by Crippen LogP contribution is 2.29. The van der Waals surface area contributed by atoms with Crippen molar-refractivity contribution in [3.8, 4) is 0 Å². The van der Waals surface area contributed by atoms with Gasteiger partial charge in [-0.05, 0) is 24.0 Å². The van der Waals surface area contributed by atoms with Crippen LogP contribution < -0.4 is 0 Å². The second kappa shape index (κ2) is 9.30. The highest BCUT2D eigenvalue weighted by Gasteiger charge is 2.31. The molecule has 0 aliphatic carbocycles. The number of benzene rings is 2. The second-order valence-corrected chi connectivity index (χ2v) is 6.44. The molecule has 0 amide bonds. The Morgan fingerprint density at radius 2 is 1.58 bits per heavy atom. The number of esters is 1. The van der Waals surface area contributed by atoms with E-state index in [9.17, 15) is 14.7 Å². The van der Waals surface area contributed by atoms with Crippen LogP contribution in [-0.2, 0) is 19.9 Å². The summed E-state index contributed by atoms with van der Waals surface area (Å²) in [6.07, 6.45) is 0.214. The highest BCUT2D eigenvalue weighted by molar-refractivity contribution is 5.96. The van der Waals surface area contributed by atoms with Gasteiger partial charge in [-0.3, -0.25) is 9.59 Å². The van der Waals surface area contributed by atoms with Gasteiger partial charge in [0.05, 0.1) is 5.60 Å². The molecular formula is C22H26O4. The van der Waals surface area contributed by atoms with Gasteiger partial charge >= 0.3 is 5.97 Å². The van der Waals surface area contributed by atoms with Crippen molar-refractivity contribution in [1.82, 2.24) is 0 Å². The van der Waals surface area contributed by atoms with E-state index in [1.807, 2.05) is 62.4 Å². The van der Waals surface area contributed by atoms with Crippen molar-refractivity contribution in [2.75, 3.05) is 0 Å². The largest absolute Gasteiger partial charge is 0.457 e. The zero-order chi connectivity index (χ0) is 19.0. The van der Waals surface area contributed by atoms with E-state index >= 15 is 0 Å². The fraction of sp³-hybridized carbons (Fsp3) is 0.364. The van der Waals surface area contributed by atoms with Crippen LogP contribution in [0.2, 0.25) is 0 Å². The number of carbonyl (C=O) groups is 2. The van der Waals surface area contributed by atoms with Crippen LogP contribution >= 0.6 is 0 Å². The van der Waals surface area contributed by atoms with E-state index in [1.54, 1.807) is 12.1 Å². The normalized spacial score (nSPS) is 14.3. The molecule has 0 aromatic heterocycles. The molecule has 2 aromatic rings. The molecule has 0 spiro atoms. The summed E-state index contributed by atoms with van der Waals surface area (Å²) in [5, 5.41) is 10.8. The molecule has 0 aliphatic heterocycles. The second-order valence-electron chi connectivity index (χ2n) is 6.44. The Balaban J connectivity index is 1.97. The van der Waals surface area contributed by atoms with Crippen molar-refractivity contribution in [3.05, 3.63) is 71.8 Å². The average molecular weight is 354 g/mol. The molecule has 0 bridgehead atoms. The van der Waals surface area contributed by atoms with E-state index in [1.165, 1.54) is 0 Å². The maximum absolute atomic E-state index is 12.3. The summed E-state index contributed by atoms with van der Waals surface area (Å²) in [7, 11) is 0. The van der Waals surface area contributed by atoms with Crippen LogP contribution in [0, 0.1) is 0 Å². The molecule has 2 atom stereocenters. The topological polar surface area (TPSA) is 63.6 Å². The minimum Gasteiger partial charge on any atom is -0.457 e. The van der Waals surface area contributed by atoms with Gasteiger partial charge in [0.1, 0.15) is 18.3 Å². The zero-order valence-corrected chi connectivity index (χ0v) is 15.4. The smallest absolute Gasteiger partial charge is 0.313 e. The van der Waals surface area contributed by atoms with Crippen molar-refractivity contribution in [2.24, 2.45) is 0 Å². The molecule has 26 heavy (non-hydrogen) atoms. The first-order chi connectivity index (χ1) is 12.5. The minimum absolute atomic E-state index is 0.106. The Bertz CT molecular complexity index is 711. The first-order valence-electron chi connectivity index (χ1n) is 9.02. The van der Waals surface area contributed by atoms with E-state index in [2.05, 4.69) is 0 Å². The van der Waals surface area contributed by atoms with Gasteiger partial charge in [-0.15, -0.1) is 0 Å². The molecule has 0 saturated carbocycles. The van der Waals surface area contributed by atoms with Crippen molar-refractivity contribution in [1.29, 1.82) is 0 Å². The summed E-state index contributed by atoms with van der Waals surface area (Å²) < 4.78 is 5.47. The Labute approximate surface area is 154 Å². The van der Waals surface area contributed by atoms with E-state index in [-0.39, 0.29) is 24.7 Å². The van der Waals surface area contributed by atoms with E-state index < -0.39 is 11.6 Å². The summed E-state index contributed by atoms with van der Waals surface area (Å²) in [6.45, 7) is 3.75. The molecular weight excluding hydrogens is 328 g/mol. The quantitative estimate of drug-likeness (QED) is 0.538. The van der Waals surface area contributed by atoms with Gasteiger partial charge in [-0.2, -0.15) is 0 Å². The number of rotatable bonds is 9. The van der Waals surface area contributed by atoms with Gasteiger partial charge in [0.15, 0.2) is 0 Å². The summed E-state index contributed by atoms with van der Waals surface area (Å²) in [5.74, 6) is -0.886. The Hall–Kier alpha value is -2.46. The van der Waals surface area contributed by atoms with Crippen LogP contribution in [0.15, 0.2) is 60.7 Å². The van der Waals surface area contributed by atoms with Crippen molar-refractivity contribution in [2.45, 2.75) is 51.2 Å². The number of hydrogen-bond acceptors (Lipinski definition) is 4. The van der Waals surface area contributed by atoms with Crippen LogP contribution in [0.1, 0.15) is 56.8 Å². The van der Waals surface area contributed by atoms with Gasteiger partial charge in [-0.1, -0.05) is 74.5 Å². The lowest BCUT2D eigenvalue weighted by Gasteiger charge is -2.26. The Kier molecular flexibility index (Phi) is 7.10. The fourth-order valence-corrected chi connectivity index (χ4v) is 2.98. The van der Waals surface area contributed by atoms with Crippen LogP contribution in [-0.4, -0.2) is 16.9 Å². The van der Waals surface area contributed by atoms with Gasteiger partial charge < -0.3 is 9.84 Å². The van der Waals surface area contributed by atoms with E-state index in [0.29, 0.717) is 18.4 Å². The predicted molar refractivity (Wildman–Crippen MR) is 100 cm³/mol. The third kappa shape index (κ3) is 5.27. The predicted octanol–water partition coefficient (Wildman–Crippen LogP) is 4.33. The monoisotopic (exact) mass is 354 g/mol. The molecule has 0 fully saturated rings. The number of Topliss-reactive ketones (excluding diaryl/α,β-unsaturated/α-hetero) is 1. The van der Waals surface area contributed by atoms with Gasteiger partial charge in [0, 0.05) is 6.42 Å². The number of ether oxygens (including phenoxy) is 1. The maximum atomic E-state index is 12.3. The summed E-state index contributed by atoms with van der Waals surface area (Å²) >= 11 is 0. The lowest BCUT2D eigenvalue weighted by atomic mass is 9.86. The standard InChI is InChI=1S/C22H26O4/c1-3-20(17-11-7-5-8-12-17)26-21(24)15-19(23)16-22(25,4-2)18-13-9-6-10-14-18/h5-14,20,25H,3-4,15-16H2,1-2H3. The fourth-order valence-electron chi connectivity index (χ4n) is 2.98. The molecule has 1 N–H and O–H groups in total. The third-order valence-corrected chi connectivity index (χ3v) is 4.54. The van der Waals surface area contributed by atoms with Crippen LogP contribution in [0.3, 0.4) is 0 Å². The maximum Gasteiger partial charge on any atom is 0.313 e. The van der Waals surface area contributed by atoms with Gasteiger partial charge in [0.25, 0.3) is 0 Å². The summed E-state index contributed by atoms with van der Waals surface area (Å²) in [4.78, 5) is 24.5. The van der Waals surface area contributed by atoms with Crippen molar-refractivity contribution in [3.63, 3.8) is 0 Å². The molecule has 138 valence electrons. The number of ketones is 1. The zero-order valence-electron chi connectivity index (χ0n) is 15.4. The summed E-state index contributed by atoms with van der Waals surface area (Å²) in [6, 6.07) is 18.5. The molecule has 2 aromatic carbocycles. The van der Waals surface area contributed by atoms with Crippen LogP contribution in [0.25, 0.3) is 0 Å². The minimum atomic E-state index is -1.26. The number of carbonyl (C=O) groups excluding carboxylic acids is 2. The van der Waals surface area contributed by atoms with Crippen LogP contribution in [0.5, 0.6) is 0 Å². The van der Waals surface area contributed by atoms with Crippen molar-refractivity contribution < 1.29 is 19.4 Å². The lowest BCUT2D eigenvalue weighted by molar-refractivity contribution is -0.152. The van der Waals surface area contributed by atoms with Crippen molar-refractivity contribution >= 4 is 11.8 Å². The molecule has 4 nitrogen and oxygen atoms in total. The first-order valence-corrected chi connectivity index (χ1v) is 9.02.